The Balaban J connectivity index is 4.53. The van der Waals surface area contributed by atoms with Crippen LogP contribution in [0, 0.1) is 0 Å². The van der Waals surface area contributed by atoms with E-state index in [1.807, 2.05) is 41.5 Å². The molecule has 0 aromatic heterocycles. The van der Waals surface area contributed by atoms with Crippen molar-refractivity contribution >= 4 is 25.3 Å². The van der Waals surface area contributed by atoms with Crippen molar-refractivity contribution < 1.29 is 9.47 Å². The van der Waals surface area contributed by atoms with Crippen LogP contribution < -0.4 is 0 Å². The Kier molecular flexibility index (Phi) is 10.1. The molecule has 0 saturated heterocycles. The van der Waals surface area contributed by atoms with Crippen LogP contribution >= 0.6 is 25.3 Å². The van der Waals surface area contributed by atoms with Crippen LogP contribution in [0.1, 0.15) is 93.4 Å². The second-order valence-corrected chi connectivity index (χ2v) is 9.38. The standard InChI is InChI=1S/C18H38O2S2/c1-8-9-10-11-12-13-14-15(21)18(22,19-16(2,3)4)20-17(5,6)7/h15,21-22H,8-14H2,1-7H3. The van der Waals surface area contributed by atoms with Crippen LogP contribution in [0.25, 0.3) is 0 Å². The molecule has 0 aliphatic rings. The van der Waals surface area contributed by atoms with E-state index in [1.54, 1.807) is 0 Å². The zero-order valence-electron chi connectivity index (χ0n) is 15.7. The summed E-state index contributed by atoms with van der Waals surface area (Å²) in [5, 5.41) is -1.02. The lowest BCUT2D eigenvalue weighted by Crippen LogP contribution is -2.49. The Labute approximate surface area is 149 Å². The quantitative estimate of drug-likeness (QED) is 0.275. The van der Waals surface area contributed by atoms with Gasteiger partial charge in [0.1, 0.15) is 0 Å². The highest BCUT2D eigenvalue weighted by Gasteiger charge is 2.42. The Morgan fingerprint density at radius 1 is 0.773 bits per heavy atom. The highest BCUT2D eigenvalue weighted by Crippen LogP contribution is 2.37. The van der Waals surface area contributed by atoms with E-state index in [0.717, 1.165) is 12.8 Å². The van der Waals surface area contributed by atoms with Crippen molar-refractivity contribution in [2.45, 2.75) is 115 Å². The fourth-order valence-corrected chi connectivity index (χ4v) is 3.30. The SMILES string of the molecule is CCCCCCCCC(S)C(S)(OC(C)(C)C)OC(C)(C)C. The molecule has 0 aliphatic heterocycles. The van der Waals surface area contributed by atoms with Crippen molar-refractivity contribution in [2.75, 3.05) is 0 Å². The predicted molar refractivity (Wildman–Crippen MR) is 104 cm³/mol. The molecule has 22 heavy (non-hydrogen) atoms. The largest absolute Gasteiger partial charge is 0.335 e. The molecule has 0 fully saturated rings. The summed E-state index contributed by atoms with van der Waals surface area (Å²) in [6, 6.07) is 0. The Hall–Kier alpha value is 0.620. The van der Waals surface area contributed by atoms with Gasteiger partial charge in [-0.15, -0.1) is 12.6 Å². The summed E-state index contributed by atoms with van der Waals surface area (Å²) in [6.07, 6.45) is 8.58. The summed E-state index contributed by atoms with van der Waals surface area (Å²) >= 11 is 9.49. The monoisotopic (exact) mass is 350 g/mol. The molecule has 0 spiro atoms. The number of hydrogen-bond acceptors (Lipinski definition) is 4. The van der Waals surface area contributed by atoms with E-state index in [9.17, 15) is 0 Å². The molecule has 1 atom stereocenters. The van der Waals surface area contributed by atoms with Crippen molar-refractivity contribution in [1.29, 1.82) is 0 Å². The molecule has 0 heterocycles. The highest BCUT2D eigenvalue weighted by molar-refractivity contribution is 7.85. The van der Waals surface area contributed by atoms with E-state index < -0.39 is 5.12 Å². The second kappa shape index (κ2) is 9.80. The lowest BCUT2D eigenvalue weighted by Gasteiger charge is -2.42. The average molecular weight is 351 g/mol. The van der Waals surface area contributed by atoms with Crippen molar-refractivity contribution in [3.63, 3.8) is 0 Å². The maximum atomic E-state index is 6.12. The van der Waals surface area contributed by atoms with Crippen LogP contribution in [0.15, 0.2) is 0 Å². The normalized spacial score (nSPS) is 15.1. The van der Waals surface area contributed by atoms with Gasteiger partial charge in [0.25, 0.3) is 0 Å². The van der Waals surface area contributed by atoms with Crippen molar-refractivity contribution in [3.05, 3.63) is 0 Å². The van der Waals surface area contributed by atoms with Gasteiger partial charge in [-0.2, -0.15) is 12.6 Å². The van der Waals surface area contributed by atoms with Gasteiger partial charge in [-0.05, 0) is 48.0 Å². The molecule has 1 unspecified atom stereocenters. The van der Waals surface area contributed by atoms with E-state index in [0.29, 0.717) is 0 Å². The smallest absolute Gasteiger partial charge is 0.228 e. The van der Waals surface area contributed by atoms with Gasteiger partial charge < -0.3 is 9.47 Å². The Morgan fingerprint density at radius 2 is 1.18 bits per heavy atom. The number of rotatable bonds is 10. The van der Waals surface area contributed by atoms with E-state index in [-0.39, 0.29) is 16.5 Å². The molecule has 4 heteroatoms. The fourth-order valence-electron chi connectivity index (χ4n) is 2.33. The summed E-state index contributed by atoms with van der Waals surface area (Å²) in [4.78, 5) is 0. The van der Waals surface area contributed by atoms with Gasteiger partial charge >= 0.3 is 0 Å². The molecule has 0 aromatic carbocycles. The lowest BCUT2D eigenvalue weighted by molar-refractivity contribution is -0.256. The average Bonchev–Trinajstić information content (AvgIpc) is 2.28. The van der Waals surface area contributed by atoms with Gasteiger partial charge in [0.15, 0.2) is 0 Å². The Bertz CT molecular complexity index is 276. The van der Waals surface area contributed by atoms with E-state index in [2.05, 4.69) is 6.92 Å². The molecule has 0 aromatic rings. The minimum atomic E-state index is -0.969. The lowest BCUT2D eigenvalue weighted by atomic mass is 10.1. The van der Waals surface area contributed by atoms with Crippen LogP contribution in [-0.2, 0) is 9.47 Å². The Morgan fingerprint density at radius 3 is 1.59 bits per heavy atom. The number of thiol groups is 2. The molecule has 0 N–H and O–H groups in total. The van der Waals surface area contributed by atoms with Gasteiger partial charge in [-0.25, -0.2) is 0 Å². The van der Waals surface area contributed by atoms with Gasteiger partial charge in [0.2, 0.25) is 5.12 Å². The number of unbranched alkanes of at least 4 members (excludes halogenated alkanes) is 5. The third-order valence-electron chi connectivity index (χ3n) is 3.16. The molecular weight excluding hydrogens is 312 g/mol. The van der Waals surface area contributed by atoms with E-state index in [4.69, 9.17) is 34.7 Å². The maximum Gasteiger partial charge on any atom is 0.228 e. The van der Waals surface area contributed by atoms with Crippen molar-refractivity contribution in [1.82, 2.24) is 0 Å². The summed E-state index contributed by atoms with van der Waals surface area (Å²) in [5.41, 5.74) is -0.649. The van der Waals surface area contributed by atoms with Crippen LogP contribution in [0.2, 0.25) is 0 Å². The van der Waals surface area contributed by atoms with Crippen LogP contribution in [0.3, 0.4) is 0 Å². The maximum absolute atomic E-state index is 6.12. The predicted octanol–water partition coefficient (Wildman–Crippen LogP) is 6.25. The minimum absolute atomic E-state index is 0.0551. The van der Waals surface area contributed by atoms with Crippen molar-refractivity contribution in [3.8, 4) is 0 Å². The number of ether oxygens (including phenoxy) is 2. The summed E-state index contributed by atoms with van der Waals surface area (Å²) in [6.45, 7) is 14.4. The van der Waals surface area contributed by atoms with Gasteiger partial charge in [-0.3, -0.25) is 0 Å². The molecule has 0 bridgehead atoms. The van der Waals surface area contributed by atoms with E-state index >= 15 is 0 Å². The molecule has 0 aliphatic carbocycles. The molecular formula is C18H38O2S2. The van der Waals surface area contributed by atoms with Crippen LogP contribution in [0.5, 0.6) is 0 Å². The molecule has 134 valence electrons. The summed E-state index contributed by atoms with van der Waals surface area (Å²) in [5.74, 6) is 0. The van der Waals surface area contributed by atoms with Crippen molar-refractivity contribution in [2.24, 2.45) is 0 Å². The van der Waals surface area contributed by atoms with Gasteiger partial charge in [0, 0.05) is 0 Å². The highest BCUT2D eigenvalue weighted by atomic mass is 32.1. The van der Waals surface area contributed by atoms with Gasteiger partial charge in [-0.1, -0.05) is 45.4 Å². The number of hydrogen-bond donors (Lipinski definition) is 2. The first-order chi connectivity index (χ1) is 9.90. The minimum Gasteiger partial charge on any atom is -0.335 e. The molecule has 0 rings (SSSR count). The molecule has 0 amide bonds. The molecule has 0 radical (unpaired) electrons. The first-order valence-electron chi connectivity index (χ1n) is 8.70. The van der Waals surface area contributed by atoms with Crippen LogP contribution in [0.4, 0.5) is 0 Å². The zero-order chi connectivity index (χ0) is 17.4. The molecule has 0 saturated carbocycles. The zero-order valence-corrected chi connectivity index (χ0v) is 17.5. The van der Waals surface area contributed by atoms with Gasteiger partial charge in [0.05, 0.1) is 16.5 Å². The topological polar surface area (TPSA) is 18.5 Å². The third-order valence-corrected chi connectivity index (χ3v) is 4.45. The molecule has 2 nitrogen and oxygen atoms in total. The second-order valence-electron chi connectivity index (χ2n) is 8.13. The van der Waals surface area contributed by atoms with E-state index in [1.165, 1.54) is 32.1 Å². The first kappa shape index (κ1) is 22.6. The summed E-state index contributed by atoms with van der Waals surface area (Å²) in [7, 11) is 0. The summed E-state index contributed by atoms with van der Waals surface area (Å²) < 4.78 is 12.2. The fraction of sp³-hybridized carbons (Fsp3) is 1.00. The first-order valence-corrected chi connectivity index (χ1v) is 9.67. The van der Waals surface area contributed by atoms with Crippen LogP contribution in [-0.4, -0.2) is 21.6 Å². The third kappa shape index (κ3) is 11.2.